The first-order chi connectivity index (χ1) is 6.36. The molecule has 2 atom stereocenters. The molecule has 1 aromatic rings. The summed E-state index contributed by atoms with van der Waals surface area (Å²) in [7, 11) is 0. The van der Waals surface area contributed by atoms with Crippen LogP contribution < -0.4 is 5.32 Å². The van der Waals surface area contributed by atoms with Gasteiger partial charge in [-0.25, -0.2) is 0 Å². The fraction of sp³-hybridized carbons (Fsp3) is 0.636. The summed E-state index contributed by atoms with van der Waals surface area (Å²) in [6.45, 7) is 3.59. The number of rotatable bonds is 3. The Labute approximate surface area is 84.2 Å². The monoisotopic (exact) mass is 195 g/mol. The van der Waals surface area contributed by atoms with Crippen molar-refractivity contribution in [2.75, 3.05) is 6.54 Å². The van der Waals surface area contributed by atoms with Crippen LogP contribution in [0.4, 0.5) is 0 Å². The van der Waals surface area contributed by atoms with Gasteiger partial charge in [0.2, 0.25) is 0 Å². The summed E-state index contributed by atoms with van der Waals surface area (Å²) in [5.74, 6) is 0.793. The zero-order valence-corrected chi connectivity index (χ0v) is 8.94. The summed E-state index contributed by atoms with van der Waals surface area (Å²) < 4.78 is 0. The maximum atomic E-state index is 3.57. The summed E-state index contributed by atoms with van der Waals surface area (Å²) in [6, 6.07) is 5.16. The number of hydrogen-bond acceptors (Lipinski definition) is 2. The van der Waals surface area contributed by atoms with Crippen molar-refractivity contribution in [2.24, 2.45) is 5.92 Å². The van der Waals surface area contributed by atoms with Gasteiger partial charge < -0.3 is 5.32 Å². The predicted octanol–water partition coefficient (Wildman–Crippen LogP) is 2.68. The number of nitrogens with one attached hydrogen (secondary N) is 1. The first-order valence-corrected chi connectivity index (χ1v) is 6.00. The van der Waals surface area contributed by atoms with Crippen LogP contribution in [-0.4, -0.2) is 12.6 Å². The summed E-state index contributed by atoms with van der Waals surface area (Å²) >= 11 is 1.88. The molecule has 72 valence electrons. The molecule has 0 bridgehead atoms. The molecule has 2 heterocycles. The van der Waals surface area contributed by atoms with E-state index >= 15 is 0 Å². The van der Waals surface area contributed by atoms with Crippen molar-refractivity contribution in [3.8, 4) is 0 Å². The highest BCUT2D eigenvalue weighted by Crippen LogP contribution is 2.21. The average molecular weight is 195 g/mol. The average Bonchev–Trinajstić information content (AvgIpc) is 2.74. The van der Waals surface area contributed by atoms with Crippen molar-refractivity contribution in [3.05, 3.63) is 22.4 Å². The molecule has 0 radical (unpaired) electrons. The van der Waals surface area contributed by atoms with Crippen molar-refractivity contribution in [3.63, 3.8) is 0 Å². The van der Waals surface area contributed by atoms with Crippen molar-refractivity contribution in [1.82, 2.24) is 5.32 Å². The van der Waals surface area contributed by atoms with Crippen LogP contribution in [0, 0.1) is 5.92 Å². The van der Waals surface area contributed by atoms with E-state index in [-0.39, 0.29) is 0 Å². The molecule has 0 aliphatic carbocycles. The largest absolute Gasteiger partial charge is 0.314 e. The van der Waals surface area contributed by atoms with Gasteiger partial charge in [0.25, 0.3) is 0 Å². The fourth-order valence-corrected chi connectivity index (χ4v) is 2.93. The maximum Gasteiger partial charge on any atom is 0.00966 e. The van der Waals surface area contributed by atoms with Gasteiger partial charge in [0.15, 0.2) is 0 Å². The van der Waals surface area contributed by atoms with E-state index in [1.54, 1.807) is 0 Å². The third kappa shape index (κ3) is 2.32. The van der Waals surface area contributed by atoms with Crippen LogP contribution >= 0.6 is 11.3 Å². The van der Waals surface area contributed by atoms with E-state index in [1.807, 2.05) is 11.3 Å². The van der Waals surface area contributed by atoms with Gasteiger partial charge in [0, 0.05) is 10.9 Å². The molecule has 1 aliphatic heterocycles. The molecule has 1 fully saturated rings. The van der Waals surface area contributed by atoms with E-state index in [0.717, 1.165) is 12.0 Å². The van der Waals surface area contributed by atoms with Crippen LogP contribution in [0.25, 0.3) is 0 Å². The van der Waals surface area contributed by atoms with Gasteiger partial charge in [-0.1, -0.05) is 13.0 Å². The van der Waals surface area contributed by atoms with Crippen LogP contribution in [0.1, 0.15) is 24.6 Å². The molecule has 1 aliphatic rings. The van der Waals surface area contributed by atoms with Crippen LogP contribution in [0.2, 0.25) is 0 Å². The summed E-state index contributed by atoms with van der Waals surface area (Å²) in [6.07, 6.45) is 3.97. The first kappa shape index (κ1) is 9.22. The standard InChI is InChI=1S/C11H17NS/c1-9(11-5-2-6-12-11)8-10-4-3-7-13-10/h3-4,7,9,11-12H,2,5-6,8H2,1H3. The minimum atomic E-state index is 0.766. The lowest BCUT2D eigenvalue weighted by atomic mass is 9.96. The second kappa shape index (κ2) is 4.25. The Hall–Kier alpha value is -0.340. The molecule has 2 rings (SSSR count). The van der Waals surface area contributed by atoms with E-state index in [1.165, 1.54) is 30.7 Å². The number of hydrogen-bond donors (Lipinski definition) is 1. The minimum Gasteiger partial charge on any atom is -0.314 e. The number of thiophene rings is 1. The van der Waals surface area contributed by atoms with Gasteiger partial charge in [0.05, 0.1) is 0 Å². The fourth-order valence-electron chi connectivity index (χ4n) is 2.09. The van der Waals surface area contributed by atoms with Crippen molar-refractivity contribution >= 4 is 11.3 Å². The molecule has 0 aromatic carbocycles. The Bertz CT molecular complexity index is 237. The van der Waals surface area contributed by atoms with Crippen molar-refractivity contribution < 1.29 is 0 Å². The molecular formula is C11H17NS. The summed E-state index contributed by atoms with van der Waals surface area (Å²) in [4.78, 5) is 1.53. The highest BCUT2D eigenvalue weighted by atomic mass is 32.1. The van der Waals surface area contributed by atoms with Crippen LogP contribution in [-0.2, 0) is 6.42 Å². The molecule has 2 heteroatoms. The summed E-state index contributed by atoms with van der Waals surface area (Å²) in [5.41, 5.74) is 0. The van der Waals surface area contributed by atoms with E-state index in [4.69, 9.17) is 0 Å². The van der Waals surface area contributed by atoms with Crippen LogP contribution in [0.3, 0.4) is 0 Å². The van der Waals surface area contributed by atoms with Gasteiger partial charge in [-0.05, 0) is 43.2 Å². The Morgan fingerprint density at radius 1 is 1.69 bits per heavy atom. The van der Waals surface area contributed by atoms with Gasteiger partial charge in [-0.2, -0.15) is 0 Å². The predicted molar refractivity (Wildman–Crippen MR) is 58.2 cm³/mol. The highest BCUT2D eigenvalue weighted by Gasteiger charge is 2.20. The van der Waals surface area contributed by atoms with E-state index < -0.39 is 0 Å². The second-order valence-corrected chi connectivity index (χ2v) is 5.00. The second-order valence-electron chi connectivity index (χ2n) is 3.96. The van der Waals surface area contributed by atoms with Gasteiger partial charge in [0.1, 0.15) is 0 Å². The summed E-state index contributed by atoms with van der Waals surface area (Å²) in [5, 5.41) is 5.74. The smallest absolute Gasteiger partial charge is 0.00966 e. The molecule has 1 N–H and O–H groups in total. The van der Waals surface area contributed by atoms with Crippen molar-refractivity contribution in [2.45, 2.75) is 32.2 Å². The van der Waals surface area contributed by atoms with Crippen LogP contribution in [0.5, 0.6) is 0 Å². The lowest BCUT2D eigenvalue weighted by Crippen LogP contribution is -2.29. The van der Waals surface area contributed by atoms with Crippen molar-refractivity contribution in [1.29, 1.82) is 0 Å². The molecule has 0 saturated carbocycles. The lowest BCUT2D eigenvalue weighted by Gasteiger charge is -2.18. The third-order valence-electron chi connectivity index (χ3n) is 2.89. The Balaban J connectivity index is 1.87. The minimum absolute atomic E-state index is 0.766. The first-order valence-electron chi connectivity index (χ1n) is 5.12. The topological polar surface area (TPSA) is 12.0 Å². The molecular weight excluding hydrogens is 178 g/mol. The molecule has 13 heavy (non-hydrogen) atoms. The highest BCUT2D eigenvalue weighted by molar-refractivity contribution is 7.09. The molecule has 1 nitrogen and oxygen atoms in total. The zero-order valence-electron chi connectivity index (χ0n) is 8.12. The zero-order chi connectivity index (χ0) is 9.10. The molecule has 0 amide bonds. The van der Waals surface area contributed by atoms with Crippen LogP contribution in [0.15, 0.2) is 17.5 Å². The quantitative estimate of drug-likeness (QED) is 0.782. The Morgan fingerprint density at radius 2 is 2.62 bits per heavy atom. The van der Waals surface area contributed by atoms with E-state index in [0.29, 0.717) is 0 Å². The Kier molecular flexibility index (Phi) is 3.01. The third-order valence-corrected chi connectivity index (χ3v) is 3.79. The molecule has 2 unspecified atom stereocenters. The molecule has 1 aromatic heterocycles. The van der Waals surface area contributed by atoms with Gasteiger partial charge in [-0.15, -0.1) is 11.3 Å². The maximum absolute atomic E-state index is 3.57. The molecule has 0 spiro atoms. The van der Waals surface area contributed by atoms with Gasteiger partial charge in [-0.3, -0.25) is 0 Å². The van der Waals surface area contributed by atoms with Gasteiger partial charge >= 0.3 is 0 Å². The Morgan fingerprint density at radius 3 is 3.23 bits per heavy atom. The normalized spacial score (nSPS) is 24.8. The van der Waals surface area contributed by atoms with E-state index in [2.05, 4.69) is 29.8 Å². The molecule has 1 saturated heterocycles. The van der Waals surface area contributed by atoms with E-state index in [9.17, 15) is 0 Å². The SMILES string of the molecule is CC(Cc1cccs1)C1CCCN1. The lowest BCUT2D eigenvalue weighted by molar-refractivity contribution is 0.420.